The number of benzene rings is 8. The van der Waals surface area contributed by atoms with Gasteiger partial charge in [0.25, 0.3) is 0 Å². The van der Waals surface area contributed by atoms with Crippen LogP contribution in [0.3, 0.4) is 0 Å². The van der Waals surface area contributed by atoms with Gasteiger partial charge in [-0.3, -0.25) is 0 Å². The molecule has 0 N–H and O–H groups in total. The summed E-state index contributed by atoms with van der Waals surface area (Å²) < 4.78 is 0. The van der Waals surface area contributed by atoms with Crippen LogP contribution in [0.2, 0.25) is 0 Å². The van der Waals surface area contributed by atoms with E-state index in [0.29, 0.717) is 5.82 Å². The van der Waals surface area contributed by atoms with Gasteiger partial charge in [0.2, 0.25) is 0 Å². The lowest BCUT2D eigenvalue weighted by atomic mass is 9.81. The monoisotopic (exact) mass is 753 g/mol. The average Bonchev–Trinajstić information content (AvgIpc) is 3.54. The van der Waals surface area contributed by atoms with Gasteiger partial charge in [-0.15, -0.1) is 0 Å². The minimum Gasteiger partial charge on any atom is -0.247 e. The van der Waals surface area contributed by atoms with Crippen LogP contribution < -0.4 is 0 Å². The lowest BCUT2D eigenvalue weighted by Gasteiger charge is -2.22. The highest BCUT2D eigenvalue weighted by Gasteiger charge is 2.35. The molecule has 0 unspecified atom stereocenters. The molecule has 2 heterocycles. The van der Waals surface area contributed by atoms with Crippen molar-refractivity contribution in [1.82, 2.24) is 15.0 Å². The van der Waals surface area contributed by atoms with E-state index in [9.17, 15) is 0 Å². The second kappa shape index (κ2) is 13.9. The summed E-state index contributed by atoms with van der Waals surface area (Å²) in [6.07, 6.45) is 0. The number of fused-ring (bicyclic) bond motifs is 6. The van der Waals surface area contributed by atoms with Gasteiger partial charge in [-0.05, 0) is 68.8 Å². The maximum Gasteiger partial charge on any atom is 0.160 e. The molecule has 0 atom stereocenters. The van der Waals surface area contributed by atoms with E-state index in [1.165, 1.54) is 38.8 Å². The fourth-order valence-electron chi connectivity index (χ4n) is 9.08. The standard InChI is InChI=1S/C56H39N3/c1-56(2)48-25-11-9-21-44(48)45-32-31-40(34-49(45)56)36-27-29-37(30-28-36)51-35-52(59-55(58-51)39-17-7-4-8-18-39)42-20-13-19-41(33-42)43-23-14-24-47-53(43)46-22-10-12-26-50(46)57-54(47)38-15-5-3-6-16-38/h3-35H,1-2H3. The Kier molecular flexibility index (Phi) is 8.16. The molecule has 10 aromatic rings. The molecule has 1 aliphatic carbocycles. The highest BCUT2D eigenvalue weighted by atomic mass is 14.9. The van der Waals surface area contributed by atoms with Crippen LogP contribution in [0.15, 0.2) is 200 Å². The Bertz CT molecular complexity index is 3220. The van der Waals surface area contributed by atoms with Gasteiger partial charge >= 0.3 is 0 Å². The van der Waals surface area contributed by atoms with Crippen LogP contribution in [-0.2, 0) is 5.41 Å². The first-order valence-corrected chi connectivity index (χ1v) is 20.3. The molecule has 0 spiro atoms. The van der Waals surface area contributed by atoms with Crippen molar-refractivity contribution < 1.29 is 0 Å². The fourth-order valence-corrected chi connectivity index (χ4v) is 9.08. The van der Waals surface area contributed by atoms with Crippen LogP contribution in [0, 0.1) is 0 Å². The summed E-state index contributed by atoms with van der Waals surface area (Å²) in [4.78, 5) is 15.6. The molecule has 0 aliphatic heterocycles. The summed E-state index contributed by atoms with van der Waals surface area (Å²) in [7, 11) is 0. The maximum atomic E-state index is 5.21. The first kappa shape index (κ1) is 34.7. The summed E-state index contributed by atoms with van der Waals surface area (Å²) in [6, 6.07) is 71.3. The zero-order chi connectivity index (χ0) is 39.5. The number of hydrogen-bond donors (Lipinski definition) is 0. The first-order valence-electron chi connectivity index (χ1n) is 20.3. The summed E-state index contributed by atoms with van der Waals surface area (Å²) in [5.41, 5.74) is 17.9. The Morgan fingerprint density at radius 1 is 0.339 bits per heavy atom. The van der Waals surface area contributed by atoms with Gasteiger partial charge in [-0.25, -0.2) is 15.0 Å². The number of aromatic nitrogens is 3. The molecule has 0 saturated heterocycles. The molecule has 0 amide bonds. The second-order valence-electron chi connectivity index (χ2n) is 16.0. The molecule has 278 valence electrons. The quantitative estimate of drug-likeness (QED) is 0.159. The van der Waals surface area contributed by atoms with E-state index < -0.39 is 0 Å². The Morgan fingerprint density at radius 2 is 0.915 bits per heavy atom. The molecule has 0 fully saturated rings. The molecule has 0 radical (unpaired) electrons. The first-order chi connectivity index (χ1) is 29.0. The van der Waals surface area contributed by atoms with Crippen LogP contribution in [-0.4, -0.2) is 15.0 Å². The highest BCUT2D eigenvalue weighted by Crippen LogP contribution is 2.49. The molecular weight excluding hydrogens is 715 g/mol. The van der Waals surface area contributed by atoms with E-state index in [1.807, 2.05) is 18.2 Å². The van der Waals surface area contributed by atoms with Gasteiger partial charge in [-0.2, -0.15) is 0 Å². The summed E-state index contributed by atoms with van der Waals surface area (Å²) in [6.45, 7) is 4.67. The number of para-hydroxylation sites is 1. The molecule has 3 nitrogen and oxygen atoms in total. The van der Waals surface area contributed by atoms with Crippen molar-refractivity contribution in [2.45, 2.75) is 19.3 Å². The van der Waals surface area contributed by atoms with Gasteiger partial charge in [0.15, 0.2) is 5.82 Å². The largest absolute Gasteiger partial charge is 0.247 e. The van der Waals surface area contributed by atoms with Crippen molar-refractivity contribution in [2.75, 3.05) is 0 Å². The molecular formula is C56H39N3. The Morgan fingerprint density at radius 3 is 1.73 bits per heavy atom. The summed E-state index contributed by atoms with van der Waals surface area (Å²) in [5, 5.41) is 3.46. The smallest absolute Gasteiger partial charge is 0.160 e. The minimum absolute atomic E-state index is 0.0475. The van der Waals surface area contributed by atoms with E-state index in [4.69, 9.17) is 15.0 Å². The van der Waals surface area contributed by atoms with Crippen LogP contribution in [0.5, 0.6) is 0 Å². The van der Waals surface area contributed by atoms with Crippen molar-refractivity contribution in [3.8, 4) is 78.5 Å². The summed E-state index contributed by atoms with van der Waals surface area (Å²) >= 11 is 0. The predicted octanol–water partition coefficient (Wildman–Crippen LogP) is 14.5. The Labute approximate surface area is 344 Å². The molecule has 11 rings (SSSR count). The Balaban J connectivity index is 1.01. The van der Waals surface area contributed by atoms with Gasteiger partial charge in [0.1, 0.15) is 0 Å². The van der Waals surface area contributed by atoms with E-state index >= 15 is 0 Å². The zero-order valence-corrected chi connectivity index (χ0v) is 32.9. The van der Waals surface area contributed by atoms with Crippen molar-refractivity contribution >= 4 is 21.7 Å². The van der Waals surface area contributed by atoms with Gasteiger partial charge < -0.3 is 0 Å². The molecule has 3 heteroatoms. The molecule has 59 heavy (non-hydrogen) atoms. The third-order valence-corrected chi connectivity index (χ3v) is 12.1. The molecule has 1 aliphatic rings. The summed E-state index contributed by atoms with van der Waals surface area (Å²) in [5.74, 6) is 0.697. The van der Waals surface area contributed by atoms with Crippen LogP contribution in [0.1, 0.15) is 25.0 Å². The topological polar surface area (TPSA) is 38.7 Å². The zero-order valence-electron chi connectivity index (χ0n) is 32.9. The number of pyridine rings is 1. The van der Waals surface area contributed by atoms with E-state index in [0.717, 1.165) is 66.8 Å². The van der Waals surface area contributed by atoms with Crippen LogP contribution in [0.25, 0.3) is 100 Å². The normalized spacial score (nSPS) is 12.7. The van der Waals surface area contributed by atoms with E-state index in [2.05, 4.69) is 196 Å². The number of hydrogen-bond acceptors (Lipinski definition) is 3. The molecule has 0 saturated carbocycles. The maximum absolute atomic E-state index is 5.21. The SMILES string of the molecule is CC1(C)c2ccccc2-c2ccc(-c3ccc(-c4cc(-c5cccc(-c6cccc7c(-c8ccccc8)nc8ccccc8c67)c5)nc(-c5ccccc5)n4)cc3)cc21. The van der Waals surface area contributed by atoms with Crippen LogP contribution in [0.4, 0.5) is 0 Å². The fraction of sp³-hybridized carbons (Fsp3) is 0.0536. The predicted molar refractivity (Wildman–Crippen MR) is 245 cm³/mol. The van der Waals surface area contributed by atoms with Crippen molar-refractivity contribution in [3.63, 3.8) is 0 Å². The average molecular weight is 754 g/mol. The molecule has 8 aromatic carbocycles. The van der Waals surface area contributed by atoms with Gasteiger partial charge in [0, 0.05) is 43.8 Å². The lowest BCUT2D eigenvalue weighted by Crippen LogP contribution is -2.14. The van der Waals surface area contributed by atoms with Crippen molar-refractivity contribution in [3.05, 3.63) is 211 Å². The van der Waals surface area contributed by atoms with E-state index in [-0.39, 0.29) is 5.41 Å². The van der Waals surface area contributed by atoms with Crippen LogP contribution >= 0.6 is 0 Å². The number of nitrogens with zero attached hydrogens (tertiary/aromatic N) is 3. The highest BCUT2D eigenvalue weighted by molar-refractivity contribution is 6.17. The van der Waals surface area contributed by atoms with Gasteiger partial charge in [-0.1, -0.05) is 190 Å². The van der Waals surface area contributed by atoms with Crippen molar-refractivity contribution in [1.29, 1.82) is 0 Å². The van der Waals surface area contributed by atoms with E-state index in [1.54, 1.807) is 0 Å². The van der Waals surface area contributed by atoms with Crippen molar-refractivity contribution in [2.24, 2.45) is 0 Å². The number of rotatable bonds is 6. The second-order valence-corrected chi connectivity index (χ2v) is 16.0. The third-order valence-electron chi connectivity index (χ3n) is 12.1. The third kappa shape index (κ3) is 5.94. The minimum atomic E-state index is -0.0475. The van der Waals surface area contributed by atoms with Gasteiger partial charge in [0.05, 0.1) is 22.6 Å². The Hall–Kier alpha value is -7.49. The molecule has 0 bridgehead atoms. The lowest BCUT2D eigenvalue weighted by molar-refractivity contribution is 0.660. The molecule has 2 aromatic heterocycles.